The lowest BCUT2D eigenvalue weighted by atomic mass is 9.93. The van der Waals surface area contributed by atoms with Gasteiger partial charge in [-0.2, -0.15) is 0 Å². The molecule has 3 nitrogen and oxygen atoms in total. The van der Waals surface area contributed by atoms with Crippen LogP contribution in [0.4, 0.5) is 5.13 Å². The molecule has 0 spiro atoms. The number of hydrogen-bond donors (Lipinski definition) is 2. The van der Waals surface area contributed by atoms with E-state index < -0.39 is 0 Å². The number of hydrogen-bond acceptors (Lipinski definition) is 4. The molecule has 1 heterocycles. The fourth-order valence-electron chi connectivity index (χ4n) is 1.79. The zero-order valence-electron chi connectivity index (χ0n) is 7.74. The normalized spacial score (nSPS) is 27.6. The second-order valence-corrected chi connectivity index (χ2v) is 5.31. The van der Waals surface area contributed by atoms with Gasteiger partial charge < -0.3 is 10.4 Å². The number of aliphatic hydroxyl groups excluding tert-OH is 1. The van der Waals surface area contributed by atoms with Crippen LogP contribution in [-0.4, -0.2) is 22.2 Å². The van der Waals surface area contributed by atoms with Crippen molar-refractivity contribution in [1.29, 1.82) is 0 Å². The van der Waals surface area contributed by atoms with E-state index in [2.05, 4.69) is 26.2 Å². The van der Waals surface area contributed by atoms with Crippen LogP contribution >= 0.6 is 27.3 Å². The second kappa shape index (κ2) is 4.59. The maximum atomic E-state index is 9.50. The summed E-state index contributed by atoms with van der Waals surface area (Å²) in [6.07, 6.45) is 3.89. The first kappa shape index (κ1) is 10.4. The van der Waals surface area contributed by atoms with E-state index in [1.165, 1.54) is 0 Å². The summed E-state index contributed by atoms with van der Waals surface area (Å²) < 4.78 is 0.876. The molecule has 0 radical (unpaired) electrons. The Labute approximate surface area is 95.7 Å². The van der Waals surface area contributed by atoms with E-state index in [9.17, 15) is 5.11 Å². The molecule has 0 amide bonds. The molecule has 2 N–H and O–H groups in total. The summed E-state index contributed by atoms with van der Waals surface area (Å²) in [5.41, 5.74) is 0. The Balaban J connectivity index is 1.90. The number of anilines is 1. The highest BCUT2D eigenvalue weighted by atomic mass is 79.9. The first-order chi connectivity index (χ1) is 6.74. The van der Waals surface area contributed by atoms with E-state index in [4.69, 9.17) is 0 Å². The Kier molecular flexibility index (Phi) is 3.41. The van der Waals surface area contributed by atoms with Crippen LogP contribution in [0.5, 0.6) is 0 Å². The maximum Gasteiger partial charge on any atom is 0.183 e. The summed E-state index contributed by atoms with van der Waals surface area (Å²) in [5.74, 6) is 0. The number of thiazole rings is 1. The molecule has 5 heteroatoms. The largest absolute Gasteiger partial charge is 0.393 e. The summed E-state index contributed by atoms with van der Waals surface area (Å²) in [5, 5.41) is 15.7. The first-order valence-corrected chi connectivity index (χ1v) is 6.47. The van der Waals surface area contributed by atoms with Gasteiger partial charge in [0, 0.05) is 11.4 Å². The highest BCUT2D eigenvalue weighted by Gasteiger charge is 2.20. The Hall–Kier alpha value is -0.130. The number of aromatic nitrogens is 1. The molecule has 1 aliphatic carbocycles. The third kappa shape index (κ3) is 2.68. The smallest absolute Gasteiger partial charge is 0.183 e. The van der Waals surface area contributed by atoms with Crippen LogP contribution in [-0.2, 0) is 0 Å². The van der Waals surface area contributed by atoms with E-state index in [1.54, 1.807) is 11.3 Å². The molecule has 1 aliphatic rings. The van der Waals surface area contributed by atoms with Gasteiger partial charge in [0.05, 0.1) is 6.10 Å². The third-order valence-corrected chi connectivity index (χ3v) is 3.93. The van der Waals surface area contributed by atoms with Gasteiger partial charge in [0.15, 0.2) is 5.13 Å². The standard InChI is InChI=1S/C9H13BrN2OS/c10-8-5-14-9(12-8)11-6-2-1-3-7(13)4-6/h5-7,13H,1-4H2,(H,11,12). The predicted molar refractivity (Wildman–Crippen MR) is 61.7 cm³/mol. The molecule has 1 fully saturated rings. The fraction of sp³-hybridized carbons (Fsp3) is 0.667. The zero-order chi connectivity index (χ0) is 9.97. The number of aliphatic hydroxyl groups is 1. The van der Waals surface area contributed by atoms with Crippen molar-refractivity contribution in [1.82, 2.24) is 4.98 Å². The molecule has 0 aromatic carbocycles. The van der Waals surface area contributed by atoms with Gasteiger partial charge in [-0.1, -0.05) is 0 Å². The average molecular weight is 277 g/mol. The molecule has 0 saturated heterocycles. The lowest BCUT2D eigenvalue weighted by Gasteiger charge is -2.26. The predicted octanol–water partition coefficient (Wildman–Crippen LogP) is 2.62. The van der Waals surface area contributed by atoms with Crippen molar-refractivity contribution in [2.75, 3.05) is 5.32 Å². The maximum absolute atomic E-state index is 9.50. The van der Waals surface area contributed by atoms with Gasteiger partial charge in [-0.05, 0) is 41.6 Å². The number of nitrogens with zero attached hydrogens (tertiary/aromatic N) is 1. The topological polar surface area (TPSA) is 45.1 Å². The molecule has 0 aliphatic heterocycles. The molecule has 1 aromatic rings. The van der Waals surface area contributed by atoms with Gasteiger partial charge in [-0.25, -0.2) is 4.98 Å². The molecule has 1 aromatic heterocycles. The van der Waals surface area contributed by atoms with E-state index in [-0.39, 0.29) is 6.10 Å². The molecule has 2 unspecified atom stereocenters. The summed E-state index contributed by atoms with van der Waals surface area (Å²) in [6.45, 7) is 0. The van der Waals surface area contributed by atoms with E-state index in [0.717, 1.165) is 35.4 Å². The minimum atomic E-state index is -0.135. The summed E-state index contributed by atoms with van der Waals surface area (Å²) in [7, 11) is 0. The third-order valence-electron chi connectivity index (χ3n) is 2.45. The van der Waals surface area contributed by atoms with Crippen molar-refractivity contribution in [2.24, 2.45) is 0 Å². The van der Waals surface area contributed by atoms with Crippen molar-refractivity contribution in [3.05, 3.63) is 9.98 Å². The number of halogens is 1. The highest BCUT2D eigenvalue weighted by molar-refractivity contribution is 9.10. The lowest BCUT2D eigenvalue weighted by molar-refractivity contribution is 0.124. The molecular weight excluding hydrogens is 264 g/mol. The zero-order valence-corrected chi connectivity index (χ0v) is 10.1. The summed E-state index contributed by atoms with van der Waals surface area (Å²) in [4.78, 5) is 4.27. The van der Waals surface area contributed by atoms with Gasteiger partial charge >= 0.3 is 0 Å². The van der Waals surface area contributed by atoms with Crippen molar-refractivity contribution in [3.8, 4) is 0 Å². The molecular formula is C9H13BrN2OS. The molecule has 0 bridgehead atoms. The van der Waals surface area contributed by atoms with Gasteiger partial charge in [0.2, 0.25) is 0 Å². The summed E-state index contributed by atoms with van der Waals surface area (Å²) >= 11 is 4.91. The Morgan fingerprint density at radius 2 is 2.43 bits per heavy atom. The lowest BCUT2D eigenvalue weighted by Crippen LogP contribution is -2.29. The van der Waals surface area contributed by atoms with Crippen LogP contribution < -0.4 is 5.32 Å². The van der Waals surface area contributed by atoms with Crippen molar-refractivity contribution in [2.45, 2.75) is 37.8 Å². The van der Waals surface area contributed by atoms with Crippen LogP contribution in [0.15, 0.2) is 9.98 Å². The minimum Gasteiger partial charge on any atom is -0.393 e. The molecule has 1 saturated carbocycles. The average Bonchev–Trinajstić information content (AvgIpc) is 2.51. The molecule has 2 rings (SSSR count). The van der Waals surface area contributed by atoms with Crippen molar-refractivity contribution in [3.63, 3.8) is 0 Å². The Bertz CT molecular complexity index is 305. The van der Waals surface area contributed by atoms with Gasteiger partial charge in [-0.3, -0.25) is 0 Å². The van der Waals surface area contributed by atoms with Crippen LogP contribution in [0, 0.1) is 0 Å². The minimum absolute atomic E-state index is 0.135. The van der Waals surface area contributed by atoms with E-state index >= 15 is 0 Å². The van der Waals surface area contributed by atoms with Gasteiger partial charge in [0.25, 0.3) is 0 Å². The van der Waals surface area contributed by atoms with E-state index in [1.807, 2.05) is 5.38 Å². The molecule has 14 heavy (non-hydrogen) atoms. The van der Waals surface area contributed by atoms with Crippen molar-refractivity contribution >= 4 is 32.4 Å². The van der Waals surface area contributed by atoms with Crippen LogP contribution in [0.1, 0.15) is 25.7 Å². The van der Waals surface area contributed by atoms with Crippen LogP contribution in [0.2, 0.25) is 0 Å². The second-order valence-electron chi connectivity index (χ2n) is 3.64. The monoisotopic (exact) mass is 276 g/mol. The quantitative estimate of drug-likeness (QED) is 0.873. The number of rotatable bonds is 2. The van der Waals surface area contributed by atoms with Gasteiger partial charge in [-0.15, -0.1) is 11.3 Å². The van der Waals surface area contributed by atoms with Gasteiger partial charge in [0.1, 0.15) is 4.60 Å². The van der Waals surface area contributed by atoms with Crippen LogP contribution in [0.3, 0.4) is 0 Å². The Morgan fingerprint density at radius 3 is 3.07 bits per heavy atom. The van der Waals surface area contributed by atoms with E-state index in [0.29, 0.717) is 6.04 Å². The highest BCUT2D eigenvalue weighted by Crippen LogP contribution is 2.25. The molecule has 78 valence electrons. The first-order valence-electron chi connectivity index (χ1n) is 4.79. The SMILES string of the molecule is OC1CCCC(Nc2nc(Br)cs2)C1. The number of nitrogens with one attached hydrogen (secondary N) is 1. The van der Waals surface area contributed by atoms with Crippen LogP contribution in [0.25, 0.3) is 0 Å². The fourth-order valence-corrected chi connectivity index (χ4v) is 3.01. The molecule has 2 atom stereocenters. The summed E-state index contributed by atoms with van der Waals surface area (Å²) in [6, 6.07) is 0.386. The Morgan fingerprint density at radius 1 is 1.57 bits per heavy atom. The van der Waals surface area contributed by atoms with Crippen molar-refractivity contribution < 1.29 is 5.11 Å².